The Kier molecular flexibility index (Phi) is 5.51. The van der Waals surface area contributed by atoms with Gasteiger partial charge >= 0.3 is 0 Å². The summed E-state index contributed by atoms with van der Waals surface area (Å²) in [5.74, 6) is -0.0995. The Bertz CT molecular complexity index is 1440. The molecule has 0 radical (unpaired) electrons. The van der Waals surface area contributed by atoms with Crippen molar-refractivity contribution in [3.8, 4) is 12.1 Å². The summed E-state index contributed by atoms with van der Waals surface area (Å²) in [6.07, 6.45) is 6.08. The van der Waals surface area contributed by atoms with Crippen molar-refractivity contribution in [2.75, 3.05) is 0 Å². The number of allylic oxidation sites excluding steroid dienone is 1. The van der Waals surface area contributed by atoms with E-state index in [0.717, 1.165) is 35.1 Å². The average molecular weight is 468 g/mol. The van der Waals surface area contributed by atoms with E-state index in [1.54, 1.807) is 0 Å². The number of benzene rings is 3. The van der Waals surface area contributed by atoms with E-state index in [-0.39, 0.29) is 35.2 Å². The zero-order valence-electron chi connectivity index (χ0n) is 19.8. The molecule has 0 unspecified atom stereocenters. The van der Waals surface area contributed by atoms with Gasteiger partial charge in [-0.2, -0.15) is 10.5 Å². The molecule has 2 heterocycles. The molecule has 3 aromatic rings. The Morgan fingerprint density at radius 3 is 2.14 bits per heavy atom. The molecule has 2 fully saturated rings. The van der Waals surface area contributed by atoms with Gasteiger partial charge in [-0.05, 0) is 47.1 Å². The molecule has 3 aliphatic rings. The molecule has 4 atom stereocenters. The van der Waals surface area contributed by atoms with E-state index in [1.807, 2.05) is 60.7 Å². The molecule has 1 saturated heterocycles. The van der Waals surface area contributed by atoms with Gasteiger partial charge in [-0.15, -0.1) is 0 Å². The highest BCUT2D eigenvalue weighted by atomic mass is 16.1. The van der Waals surface area contributed by atoms with Gasteiger partial charge in [-0.3, -0.25) is 4.79 Å². The molecule has 174 valence electrons. The number of fused-ring (bicyclic) bond motifs is 3. The molecule has 0 spiro atoms. The summed E-state index contributed by atoms with van der Waals surface area (Å²) in [5, 5.41) is 20.0. The zero-order valence-corrected chi connectivity index (χ0v) is 19.8. The van der Waals surface area contributed by atoms with Crippen LogP contribution in [-0.4, -0.2) is 16.7 Å². The highest BCUT2D eigenvalue weighted by Gasteiger charge is 2.56. The second kappa shape index (κ2) is 8.99. The first kappa shape index (κ1) is 22.1. The van der Waals surface area contributed by atoms with Crippen molar-refractivity contribution < 1.29 is 4.79 Å². The number of hydrogen-bond donors (Lipinski definition) is 0. The summed E-state index contributed by atoms with van der Waals surface area (Å²) in [4.78, 5) is 16.4. The van der Waals surface area contributed by atoms with Gasteiger partial charge in [0.05, 0.1) is 12.1 Å². The average Bonchev–Trinajstić information content (AvgIpc) is 3.72. The lowest BCUT2D eigenvalue weighted by Gasteiger charge is -2.35. The lowest BCUT2D eigenvalue weighted by Crippen LogP contribution is -2.37. The van der Waals surface area contributed by atoms with Crippen LogP contribution in [0.5, 0.6) is 0 Å². The summed E-state index contributed by atoms with van der Waals surface area (Å²) in [6.45, 7) is 0. The molecular formula is C32H25N3O. The van der Waals surface area contributed by atoms with Gasteiger partial charge < -0.3 is 4.90 Å². The quantitative estimate of drug-likeness (QED) is 0.320. The van der Waals surface area contributed by atoms with Crippen LogP contribution in [0.4, 0.5) is 0 Å². The second-order valence-corrected chi connectivity index (χ2v) is 9.80. The summed E-state index contributed by atoms with van der Waals surface area (Å²) in [6, 6.07) is 31.8. The third-order valence-electron chi connectivity index (χ3n) is 7.85. The minimum Gasteiger partial charge on any atom is -0.359 e. The van der Waals surface area contributed by atoms with E-state index in [0.29, 0.717) is 5.56 Å². The number of Topliss-reactive ketones (excluding diaryl/α,β-unsaturated/α-hetero) is 1. The van der Waals surface area contributed by atoms with Crippen molar-refractivity contribution in [2.24, 2.45) is 11.8 Å². The number of rotatable bonds is 5. The number of hydrogen-bond acceptors (Lipinski definition) is 4. The van der Waals surface area contributed by atoms with Crippen molar-refractivity contribution in [3.05, 3.63) is 125 Å². The molecule has 0 bridgehead atoms. The minimum atomic E-state index is -0.457. The topological polar surface area (TPSA) is 67.9 Å². The number of carbonyl (C=O) groups is 1. The van der Waals surface area contributed by atoms with Crippen molar-refractivity contribution in [2.45, 2.75) is 30.8 Å². The van der Waals surface area contributed by atoms with Crippen LogP contribution in [0.2, 0.25) is 0 Å². The maximum Gasteiger partial charge on any atom is 0.185 e. The molecule has 0 aromatic heterocycles. The number of nitriles is 2. The lowest BCUT2D eigenvalue weighted by atomic mass is 9.72. The van der Waals surface area contributed by atoms with Gasteiger partial charge in [-0.1, -0.05) is 84.9 Å². The molecule has 0 amide bonds. The molecule has 6 rings (SSSR count). The summed E-state index contributed by atoms with van der Waals surface area (Å²) in [5.41, 5.74) is 5.13. The Morgan fingerprint density at radius 2 is 1.47 bits per heavy atom. The van der Waals surface area contributed by atoms with Crippen LogP contribution in [-0.2, 0) is 0 Å². The first-order valence-corrected chi connectivity index (χ1v) is 12.5. The Labute approximate surface area is 211 Å². The lowest BCUT2D eigenvalue weighted by molar-refractivity contribution is 0.0874. The molecule has 2 aliphatic heterocycles. The highest BCUT2D eigenvalue weighted by Crippen LogP contribution is 2.59. The van der Waals surface area contributed by atoms with Gasteiger partial charge in [-0.25, -0.2) is 0 Å². The van der Waals surface area contributed by atoms with Gasteiger partial charge in [0.1, 0.15) is 17.7 Å². The van der Waals surface area contributed by atoms with Crippen LogP contribution < -0.4 is 0 Å². The minimum absolute atomic E-state index is 0.0617. The van der Waals surface area contributed by atoms with E-state index in [2.05, 4.69) is 53.6 Å². The summed E-state index contributed by atoms with van der Waals surface area (Å²) < 4.78 is 0. The highest BCUT2D eigenvalue weighted by molar-refractivity contribution is 6.01. The van der Waals surface area contributed by atoms with Crippen molar-refractivity contribution in [1.29, 1.82) is 10.5 Å². The third kappa shape index (κ3) is 3.55. The van der Waals surface area contributed by atoms with Gasteiger partial charge in [0.15, 0.2) is 5.78 Å². The van der Waals surface area contributed by atoms with E-state index in [1.165, 1.54) is 0 Å². The molecular weight excluding hydrogens is 442 g/mol. The summed E-state index contributed by atoms with van der Waals surface area (Å²) >= 11 is 0. The fraction of sp³-hybridized carbons (Fsp3) is 0.219. The van der Waals surface area contributed by atoms with Crippen molar-refractivity contribution >= 4 is 11.9 Å². The SMILES string of the molecule is N#CC(C#N)=C(C1CC1)[C@@H]1[C@H](c2ccccc2)[C@H](C(=O)c2ccccc2)N2C=Cc3ccccc3[C@H]12. The van der Waals surface area contributed by atoms with Gasteiger partial charge in [0, 0.05) is 23.6 Å². The van der Waals surface area contributed by atoms with Gasteiger partial charge in [0.25, 0.3) is 0 Å². The van der Waals surface area contributed by atoms with E-state index in [4.69, 9.17) is 0 Å². The van der Waals surface area contributed by atoms with Crippen LogP contribution in [0.3, 0.4) is 0 Å². The molecule has 4 nitrogen and oxygen atoms in total. The monoisotopic (exact) mass is 467 g/mol. The zero-order chi connectivity index (χ0) is 24.6. The van der Waals surface area contributed by atoms with Crippen LogP contribution in [0.25, 0.3) is 6.08 Å². The van der Waals surface area contributed by atoms with E-state index in [9.17, 15) is 15.3 Å². The van der Waals surface area contributed by atoms with E-state index < -0.39 is 6.04 Å². The largest absolute Gasteiger partial charge is 0.359 e. The molecule has 4 heteroatoms. The number of carbonyl (C=O) groups excluding carboxylic acids is 1. The van der Waals surface area contributed by atoms with Gasteiger partial charge in [0.2, 0.25) is 0 Å². The Morgan fingerprint density at radius 1 is 0.833 bits per heavy atom. The number of ketones is 1. The Balaban J connectivity index is 1.63. The standard InChI is InChI=1S/C32H25N3O/c33-19-25(20-34)27(23-15-16-23)29-28(22-10-3-1-4-11-22)31(32(36)24-12-5-2-6-13-24)35-18-17-21-9-7-8-14-26(21)30(29)35/h1-14,17-18,23,28-31H,15-16H2/t28-,29+,30+,31+/m0/s1. The maximum atomic E-state index is 14.2. The smallest absolute Gasteiger partial charge is 0.185 e. The van der Waals surface area contributed by atoms with Crippen LogP contribution >= 0.6 is 0 Å². The summed E-state index contributed by atoms with van der Waals surface area (Å²) in [7, 11) is 0. The maximum absolute atomic E-state index is 14.2. The fourth-order valence-corrected chi connectivity index (χ4v) is 6.27. The first-order chi connectivity index (χ1) is 17.7. The van der Waals surface area contributed by atoms with E-state index >= 15 is 0 Å². The van der Waals surface area contributed by atoms with Crippen LogP contribution in [0, 0.1) is 34.5 Å². The third-order valence-corrected chi connectivity index (χ3v) is 7.85. The molecule has 1 aliphatic carbocycles. The molecule has 1 saturated carbocycles. The normalized spacial score (nSPS) is 23.7. The van der Waals surface area contributed by atoms with Crippen LogP contribution in [0.1, 0.15) is 51.8 Å². The van der Waals surface area contributed by atoms with Crippen molar-refractivity contribution in [3.63, 3.8) is 0 Å². The second-order valence-electron chi connectivity index (χ2n) is 9.80. The molecule has 3 aromatic carbocycles. The van der Waals surface area contributed by atoms with Crippen molar-refractivity contribution in [1.82, 2.24) is 4.90 Å². The fourth-order valence-electron chi connectivity index (χ4n) is 6.27. The predicted octanol–water partition coefficient (Wildman–Crippen LogP) is 6.43. The Hall–Kier alpha value is -4.41. The number of nitrogens with zero attached hydrogens (tertiary/aromatic N) is 3. The predicted molar refractivity (Wildman–Crippen MR) is 138 cm³/mol. The molecule has 36 heavy (non-hydrogen) atoms. The van der Waals surface area contributed by atoms with Crippen LogP contribution in [0.15, 0.2) is 102 Å². The first-order valence-electron chi connectivity index (χ1n) is 12.5. The molecule has 0 N–H and O–H groups in total.